The summed E-state index contributed by atoms with van der Waals surface area (Å²) >= 11 is 0. The first-order valence-corrected chi connectivity index (χ1v) is 6.98. The van der Waals surface area contributed by atoms with Crippen molar-refractivity contribution in [3.63, 3.8) is 0 Å². The Morgan fingerprint density at radius 1 is 1.16 bits per heavy atom. The highest BCUT2D eigenvalue weighted by molar-refractivity contribution is 5.34. The van der Waals surface area contributed by atoms with Crippen LogP contribution in [0.3, 0.4) is 0 Å². The van der Waals surface area contributed by atoms with Crippen LogP contribution in [-0.2, 0) is 12.3 Å². The molecule has 1 aromatic carbocycles. The van der Waals surface area contributed by atoms with Crippen LogP contribution in [0.5, 0.6) is 0 Å². The maximum Gasteiger partial charge on any atom is 0.270 e. The smallest absolute Gasteiger partial charge is 0.270 e. The normalized spacial score (nSPS) is 13.9. The van der Waals surface area contributed by atoms with Crippen molar-refractivity contribution in [2.24, 2.45) is 5.73 Å². The fourth-order valence-electron chi connectivity index (χ4n) is 2.08. The second-order valence-electron chi connectivity index (χ2n) is 5.88. The van der Waals surface area contributed by atoms with Crippen LogP contribution in [0.25, 0.3) is 0 Å². The molecule has 1 nitrogen and oxygen atoms in total. The Morgan fingerprint density at radius 3 is 2.26 bits per heavy atom. The summed E-state index contributed by atoms with van der Waals surface area (Å²) in [6.07, 6.45) is 2.67. The minimum absolute atomic E-state index is 0.120. The lowest BCUT2D eigenvalue weighted by Crippen LogP contribution is -2.14. The zero-order valence-electron chi connectivity index (χ0n) is 12.3. The van der Waals surface area contributed by atoms with Gasteiger partial charge in [-0.05, 0) is 55.4 Å². The standard InChI is InChI=1S/C16H25F2N/c1-11(2)14-8-13(7-5-6-12(3)19)9-15(10-14)16(4,17)18/h8-12H,5-7,19H2,1-4H3/t12-/m0/s1. The van der Waals surface area contributed by atoms with E-state index in [0.29, 0.717) is 0 Å². The third-order valence-electron chi connectivity index (χ3n) is 3.31. The van der Waals surface area contributed by atoms with Gasteiger partial charge in [-0.15, -0.1) is 0 Å². The van der Waals surface area contributed by atoms with Crippen LogP contribution < -0.4 is 5.73 Å². The van der Waals surface area contributed by atoms with Gasteiger partial charge in [0.1, 0.15) is 0 Å². The molecule has 0 spiro atoms. The maximum absolute atomic E-state index is 13.5. The number of benzene rings is 1. The lowest BCUT2D eigenvalue weighted by molar-refractivity contribution is 0.0173. The predicted molar refractivity (Wildman–Crippen MR) is 76.7 cm³/mol. The average molecular weight is 269 g/mol. The highest BCUT2D eigenvalue weighted by Crippen LogP contribution is 2.31. The monoisotopic (exact) mass is 269 g/mol. The van der Waals surface area contributed by atoms with E-state index in [2.05, 4.69) is 0 Å². The number of hydrogen-bond acceptors (Lipinski definition) is 1. The van der Waals surface area contributed by atoms with E-state index in [1.54, 1.807) is 12.1 Å². The van der Waals surface area contributed by atoms with Crippen LogP contribution in [0.2, 0.25) is 0 Å². The van der Waals surface area contributed by atoms with Gasteiger partial charge in [0.15, 0.2) is 0 Å². The van der Waals surface area contributed by atoms with Crippen LogP contribution in [0, 0.1) is 0 Å². The molecule has 0 aliphatic heterocycles. The Labute approximate surface area is 115 Å². The van der Waals surface area contributed by atoms with Crippen molar-refractivity contribution in [2.45, 2.75) is 64.8 Å². The van der Waals surface area contributed by atoms with Gasteiger partial charge in [-0.3, -0.25) is 0 Å². The minimum atomic E-state index is -2.78. The van der Waals surface area contributed by atoms with Crippen molar-refractivity contribution < 1.29 is 8.78 Å². The first-order valence-electron chi connectivity index (χ1n) is 6.98. The Kier molecular flexibility index (Phi) is 5.48. The second kappa shape index (κ2) is 6.47. The molecule has 0 saturated carbocycles. The lowest BCUT2D eigenvalue weighted by atomic mass is 9.93. The molecular weight excluding hydrogens is 244 g/mol. The van der Waals surface area contributed by atoms with E-state index in [1.807, 2.05) is 26.8 Å². The lowest BCUT2D eigenvalue weighted by Gasteiger charge is -2.16. The molecule has 0 radical (unpaired) electrons. The van der Waals surface area contributed by atoms with Crippen molar-refractivity contribution in [1.29, 1.82) is 0 Å². The Balaban J connectivity index is 2.94. The summed E-state index contributed by atoms with van der Waals surface area (Å²) in [7, 11) is 0. The summed E-state index contributed by atoms with van der Waals surface area (Å²) in [6, 6.07) is 5.47. The zero-order valence-corrected chi connectivity index (χ0v) is 12.3. The van der Waals surface area contributed by atoms with Crippen LogP contribution in [0.4, 0.5) is 8.78 Å². The Hall–Kier alpha value is -0.960. The van der Waals surface area contributed by atoms with E-state index in [9.17, 15) is 8.78 Å². The first kappa shape index (κ1) is 16.1. The molecule has 0 fully saturated rings. The molecule has 1 atom stereocenters. The number of rotatable bonds is 6. The second-order valence-corrected chi connectivity index (χ2v) is 5.88. The van der Waals surface area contributed by atoms with E-state index in [0.717, 1.165) is 37.3 Å². The molecule has 108 valence electrons. The summed E-state index contributed by atoms with van der Waals surface area (Å²) in [4.78, 5) is 0. The van der Waals surface area contributed by atoms with E-state index in [1.165, 1.54) is 0 Å². The molecule has 3 heteroatoms. The highest BCUT2D eigenvalue weighted by Gasteiger charge is 2.25. The molecule has 0 saturated heterocycles. The largest absolute Gasteiger partial charge is 0.328 e. The first-order chi connectivity index (χ1) is 8.70. The van der Waals surface area contributed by atoms with Crippen molar-refractivity contribution in [3.8, 4) is 0 Å². The minimum Gasteiger partial charge on any atom is -0.328 e. The Morgan fingerprint density at radius 2 is 1.79 bits per heavy atom. The molecule has 0 unspecified atom stereocenters. The van der Waals surface area contributed by atoms with Gasteiger partial charge in [-0.25, -0.2) is 8.78 Å². The van der Waals surface area contributed by atoms with Gasteiger partial charge in [0, 0.05) is 18.5 Å². The molecule has 0 amide bonds. The molecule has 2 N–H and O–H groups in total. The summed E-state index contributed by atoms with van der Waals surface area (Å²) in [5.41, 5.74) is 7.80. The van der Waals surface area contributed by atoms with Crippen LogP contribution >= 0.6 is 0 Å². The molecule has 1 rings (SSSR count). The third-order valence-corrected chi connectivity index (χ3v) is 3.31. The number of hydrogen-bond donors (Lipinski definition) is 1. The third kappa shape index (κ3) is 5.27. The number of nitrogens with two attached hydrogens (primary N) is 1. The van der Waals surface area contributed by atoms with Crippen molar-refractivity contribution in [1.82, 2.24) is 0 Å². The van der Waals surface area contributed by atoms with E-state index in [4.69, 9.17) is 5.73 Å². The number of aryl methyl sites for hydroxylation is 1. The molecule has 0 bridgehead atoms. The van der Waals surface area contributed by atoms with E-state index >= 15 is 0 Å². The highest BCUT2D eigenvalue weighted by atomic mass is 19.3. The molecule has 0 aliphatic carbocycles. The average Bonchev–Trinajstić information content (AvgIpc) is 2.26. The van der Waals surface area contributed by atoms with Gasteiger partial charge >= 0.3 is 0 Å². The molecular formula is C16H25F2N. The van der Waals surface area contributed by atoms with Gasteiger partial charge < -0.3 is 5.73 Å². The van der Waals surface area contributed by atoms with Crippen LogP contribution in [-0.4, -0.2) is 6.04 Å². The summed E-state index contributed by atoms with van der Waals surface area (Å²) in [5, 5.41) is 0. The van der Waals surface area contributed by atoms with Gasteiger partial charge in [0.05, 0.1) is 0 Å². The van der Waals surface area contributed by atoms with E-state index in [-0.39, 0.29) is 17.5 Å². The van der Waals surface area contributed by atoms with Crippen molar-refractivity contribution in [2.75, 3.05) is 0 Å². The summed E-state index contributed by atoms with van der Waals surface area (Å²) in [5.74, 6) is -2.52. The predicted octanol–water partition coefficient (Wildman–Crippen LogP) is 4.59. The van der Waals surface area contributed by atoms with Gasteiger partial charge in [0.25, 0.3) is 5.92 Å². The van der Waals surface area contributed by atoms with Crippen molar-refractivity contribution >= 4 is 0 Å². The van der Waals surface area contributed by atoms with E-state index < -0.39 is 5.92 Å². The zero-order chi connectivity index (χ0) is 14.6. The molecule has 0 aliphatic rings. The number of halogens is 2. The molecule has 1 aromatic rings. The maximum atomic E-state index is 13.5. The fraction of sp³-hybridized carbons (Fsp3) is 0.625. The quantitative estimate of drug-likeness (QED) is 0.803. The SMILES string of the molecule is CC(C)c1cc(CCC[C@H](C)N)cc(C(C)(F)F)c1. The molecule has 0 aromatic heterocycles. The van der Waals surface area contributed by atoms with Crippen LogP contribution in [0.15, 0.2) is 18.2 Å². The molecule has 19 heavy (non-hydrogen) atoms. The topological polar surface area (TPSA) is 26.0 Å². The van der Waals surface area contributed by atoms with Crippen molar-refractivity contribution in [3.05, 3.63) is 34.9 Å². The summed E-state index contributed by atoms with van der Waals surface area (Å²) in [6.45, 7) is 6.98. The van der Waals surface area contributed by atoms with Gasteiger partial charge in [-0.2, -0.15) is 0 Å². The fourth-order valence-corrected chi connectivity index (χ4v) is 2.08. The summed E-state index contributed by atoms with van der Waals surface area (Å²) < 4.78 is 27.0. The number of alkyl halides is 2. The Bertz CT molecular complexity index is 406. The van der Waals surface area contributed by atoms with Crippen LogP contribution in [0.1, 0.15) is 63.1 Å². The molecule has 0 heterocycles. The van der Waals surface area contributed by atoms with Gasteiger partial charge in [-0.1, -0.05) is 19.9 Å². The van der Waals surface area contributed by atoms with Gasteiger partial charge in [0.2, 0.25) is 0 Å².